The number of hydrogen-bond acceptors (Lipinski definition) is 3. The molecule has 0 aliphatic carbocycles. The lowest BCUT2D eigenvalue weighted by molar-refractivity contribution is 0.215. The van der Waals surface area contributed by atoms with Gasteiger partial charge in [-0.25, -0.2) is 4.99 Å². The number of benzene rings is 3. The third kappa shape index (κ3) is 6.05. The zero-order valence-corrected chi connectivity index (χ0v) is 19.1. The zero-order valence-electron chi connectivity index (χ0n) is 19.1. The highest BCUT2D eigenvalue weighted by molar-refractivity contribution is 5.80. The third-order valence-electron chi connectivity index (χ3n) is 5.45. The lowest BCUT2D eigenvalue weighted by Crippen LogP contribution is -2.14. The second-order valence-corrected chi connectivity index (χ2v) is 7.80. The third-order valence-corrected chi connectivity index (χ3v) is 5.45. The van der Waals surface area contributed by atoms with Crippen molar-refractivity contribution in [1.29, 1.82) is 0 Å². The van der Waals surface area contributed by atoms with Gasteiger partial charge in [-0.3, -0.25) is 0 Å². The van der Waals surface area contributed by atoms with Gasteiger partial charge >= 0.3 is 0 Å². The fourth-order valence-corrected chi connectivity index (χ4v) is 3.34. The Morgan fingerprint density at radius 2 is 1.55 bits per heavy atom. The van der Waals surface area contributed by atoms with E-state index >= 15 is 0 Å². The Kier molecular flexibility index (Phi) is 7.60. The van der Waals surface area contributed by atoms with Crippen molar-refractivity contribution in [1.82, 2.24) is 4.90 Å². The van der Waals surface area contributed by atoms with Crippen LogP contribution < -0.4 is 0 Å². The summed E-state index contributed by atoms with van der Waals surface area (Å²) in [5, 5.41) is 3.80. The van der Waals surface area contributed by atoms with E-state index in [1.54, 1.807) is 13.3 Å². The number of hydrogen-bond donors (Lipinski definition) is 0. The van der Waals surface area contributed by atoms with Crippen LogP contribution in [0.5, 0.6) is 0 Å². The SMILES string of the molecule is CCN(C)C=Nc1cc(C)c(Cc2ccc(-c3ccc(C=NOC)cc3)cc2)cc1C. The van der Waals surface area contributed by atoms with Gasteiger partial charge in [0, 0.05) is 13.6 Å². The molecule has 31 heavy (non-hydrogen) atoms. The number of aliphatic imine (C=N–C) groups is 1. The highest BCUT2D eigenvalue weighted by Gasteiger charge is 2.06. The largest absolute Gasteiger partial charge is 0.399 e. The van der Waals surface area contributed by atoms with Crippen molar-refractivity contribution < 1.29 is 4.84 Å². The summed E-state index contributed by atoms with van der Waals surface area (Å²) in [6, 6.07) is 21.6. The molecule has 0 atom stereocenters. The smallest absolute Gasteiger partial charge is 0.106 e. The van der Waals surface area contributed by atoms with E-state index in [4.69, 9.17) is 4.84 Å². The minimum atomic E-state index is 0.915. The van der Waals surface area contributed by atoms with Gasteiger partial charge in [0.05, 0.1) is 18.2 Å². The molecule has 0 saturated heterocycles. The number of oxime groups is 1. The van der Waals surface area contributed by atoms with E-state index < -0.39 is 0 Å². The summed E-state index contributed by atoms with van der Waals surface area (Å²) in [5.74, 6) is 0. The molecule has 0 N–H and O–H groups in total. The normalized spacial score (nSPS) is 11.4. The summed E-state index contributed by atoms with van der Waals surface area (Å²) in [7, 11) is 3.58. The van der Waals surface area contributed by atoms with E-state index in [1.807, 2.05) is 25.5 Å². The molecule has 0 heterocycles. The van der Waals surface area contributed by atoms with Crippen LogP contribution in [0.25, 0.3) is 11.1 Å². The molecule has 3 rings (SSSR count). The van der Waals surface area contributed by atoms with E-state index in [1.165, 1.54) is 33.4 Å². The van der Waals surface area contributed by atoms with Crippen LogP contribution in [-0.4, -0.2) is 38.2 Å². The van der Waals surface area contributed by atoms with Crippen molar-refractivity contribution in [2.24, 2.45) is 10.1 Å². The molecule has 4 nitrogen and oxygen atoms in total. The topological polar surface area (TPSA) is 37.2 Å². The van der Waals surface area contributed by atoms with Crippen molar-refractivity contribution in [2.75, 3.05) is 20.7 Å². The van der Waals surface area contributed by atoms with Gasteiger partial charge in [-0.2, -0.15) is 0 Å². The van der Waals surface area contributed by atoms with Crippen LogP contribution >= 0.6 is 0 Å². The van der Waals surface area contributed by atoms with Gasteiger partial charge in [-0.1, -0.05) is 59.8 Å². The number of rotatable bonds is 8. The summed E-state index contributed by atoms with van der Waals surface area (Å²) in [6.07, 6.45) is 4.52. The maximum atomic E-state index is 4.73. The first-order valence-corrected chi connectivity index (χ1v) is 10.6. The van der Waals surface area contributed by atoms with Gasteiger partial charge in [0.2, 0.25) is 0 Å². The van der Waals surface area contributed by atoms with E-state index in [0.717, 1.165) is 24.2 Å². The predicted octanol–water partition coefficient (Wildman–Crippen LogP) is 6.15. The first kappa shape index (κ1) is 22.3. The Hall–Kier alpha value is -3.40. The van der Waals surface area contributed by atoms with Gasteiger partial charge in [0.1, 0.15) is 7.11 Å². The summed E-state index contributed by atoms with van der Waals surface area (Å²) in [4.78, 5) is 11.4. The molecule has 0 unspecified atom stereocenters. The molecular weight excluding hydrogens is 382 g/mol. The Morgan fingerprint density at radius 1 is 0.903 bits per heavy atom. The minimum Gasteiger partial charge on any atom is -0.399 e. The fourth-order valence-electron chi connectivity index (χ4n) is 3.34. The van der Waals surface area contributed by atoms with Crippen LogP contribution in [0, 0.1) is 13.8 Å². The average molecular weight is 414 g/mol. The van der Waals surface area contributed by atoms with E-state index in [0.29, 0.717) is 0 Å². The van der Waals surface area contributed by atoms with Crippen molar-refractivity contribution in [3.05, 3.63) is 88.5 Å². The molecule has 3 aromatic rings. The molecule has 0 radical (unpaired) electrons. The molecule has 0 amide bonds. The average Bonchev–Trinajstić information content (AvgIpc) is 2.79. The molecule has 0 spiro atoms. The number of nitrogens with zero attached hydrogens (tertiary/aromatic N) is 3. The fraction of sp³-hybridized carbons (Fsp3) is 0.259. The van der Waals surface area contributed by atoms with Crippen molar-refractivity contribution in [3.63, 3.8) is 0 Å². The highest BCUT2D eigenvalue weighted by atomic mass is 16.6. The van der Waals surface area contributed by atoms with Crippen molar-refractivity contribution >= 4 is 18.2 Å². The maximum absolute atomic E-state index is 4.73. The lowest BCUT2D eigenvalue weighted by Gasteiger charge is -2.12. The van der Waals surface area contributed by atoms with Gasteiger partial charge in [-0.05, 0) is 72.2 Å². The lowest BCUT2D eigenvalue weighted by atomic mass is 9.96. The van der Waals surface area contributed by atoms with Crippen LogP contribution in [0.1, 0.15) is 34.7 Å². The summed E-state index contributed by atoms with van der Waals surface area (Å²) in [5.41, 5.74) is 9.57. The Labute approximate surface area is 185 Å². The molecule has 0 aliphatic heterocycles. The molecule has 0 aromatic heterocycles. The van der Waals surface area contributed by atoms with Crippen molar-refractivity contribution in [3.8, 4) is 11.1 Å². The van der Waals surface area contributed by atoms with E-state index in [2.05, 4.69) is 84.4 Å². The molecule has 160 valence electrons. The monoisotopic (exact) mass is 413 g/mol. The highest BCUT2D eigenvalue weighted by Crippen LogP contribution is 2.26. The second-order valence-electron chi connectivity index (χ2n) is 7.80. The maximum Gasteiger partial charge on any atom is 0.106 e. The molecular formula is C27H31N3O. The van der Waals surface area contributed by atoms with Crippen LogP contribution in [0.4, 0.5) is 5.69 Å². The summed E-state index contributed by atoms with van der Waals surface area (Å²) >= 11 is 0. The first-order valence-electron chi connectivity index (χ1n) is 10.6. The quantitative estimate of drug-likeness (QED) is 0.252. The van der Waals surface area contributed by atoms with Crippen LogP contribution in [0.3, 0.4) is 0 Å². The van der Waals surface area contributed by atoms with Crippen LogP contribution in [0.15, 0.2) is 70.8 Å². The minimum absolute atomic E-state index is 0.915. The van der Waals surface area contributed by atoms with Crippen molar-refractivity contribution in [2.45, 2.75) is 27.2 Å². The molecule has 0 bridgehead atoms. The molecule has 0 aliphatic rings. The first-order chi connectivity index (χ1) is 15.0. The van der Waals surface area contributed by atoms with Gasteiger partial charge in [0.25, 0.3) is 0 Å². The molecule has 0 saturated carbocycles. The van der Waals surface area contributed by atoms with E-state index in [-0.39, 0.29) is 0 Å². The molecule has 3 aromatic carbocycles. The predicted molar refractivity (Wildman–Crippen MR) is 132 cm³/mol. The summed E-state index contributed by atoms with van der Waals surface area (Å²) in [6.45, 7) is 7.36. The molecule has 4 heteroatoms. The zero-order chi connectivity index (χ0) is 22.2. The Morgan fingerprint density at radius 3 is 2.16 bits per heavy atom. The van der Waals surface area contributed by atoms with Gasteiger partial charge in [0.15, 0.2) is 0 Å². The van der Waals surface area contributed by atoms with Crippen LogP contribution in [-0.2, 0) is 11.3 Å². The molecule has 0 fully saturated rings. The van der Waals surface area contributed by atoms with Gasteiger partial charge in [-0.15, -0.1) is 0 Å². The standard InChI is InChI=1S/C27H31N3O/c1-6-30(4)19-28-27-16-20(2)26(15-21(27)3)17-22-7-11-24(12-8-22)25-13-9-23(10-14-25)18-29-31-5/h7-16,18-19H,6,17H2,1-5H3. The second kappa shape index (κ2) is 10.6. The van der Waals surface area contributed by atoms with Crippen LogP contribution in [0.2, 0.25) is 0 Å². The van der Waals surface area contributed by atoms with Gasteiger partial charge < -0.3 is 9.74 Å². The summed E-state index contributed by atoms with van der Waals surface area (Å²) < 4.78 is 0. The Bertz CT molecular complexity index is 1050. The Balaban J connectivity index is 1.73. The van der Waals surface area contributed by atoms with E-state index in [9.17, 15) is 0 Å². The number of aryl methyl sites for hydroxylation is 2.